The lowest BCUT2D eigenvalue weighted by Gasteiger charge is -2.02. The molecule has 150 valence electrons. The van der Waals surface area contributed by atoms with Crippen LogP contribution in [0.4, 0.5) is 0 Å². The van der Waals surface area contributed by atoms with E-state index in [2.05, 4.69) is 19.1 Å². The van der Waals surface area contributed by atoms with Crippen molar-refractivity contribution >= 4 is 0 Å². The van der Waals surface area contributed by atoms with Crippen LogP contribution in [0.3, 0.4) is 0 Å². The van der Waals surface area contributed by atoms with E-state index in [0.717, 1.165) is 6.42 Å². The Bertz CT molecular complexity index is 246. The van der Waals surface area contributed by atoms with Gasteiger partial charge in [-0.15, -0.1) is 0 Å². The molecule has 0 unspecified atom stereocenters. The molecule has 0 aromatic rings. The van der Waals surface area contributed by atoms with Crippen molar-refractivity contribution in [1.29, 1.82) is 0 Å². The predicted octanol–water partition coefficient (Wildman–Crippen LogP) is 8.36. The lowest BCUT2D eigenvalue weighted by molar-refractivity contribution is 0.282. The van der Waals surface area contributed by atoms with Crippen molar-refractivity contribution in [2.45, 2.75) is 135 Å². The molecule has 0 saturated carbocycles. The molecule has 0 bridgehead atoms. The first-order chi connectivity index (χ1) is 12.4. The first-order valence-corrected chi connectivity index (χ1v) is 11.7. The number of aliphatic hydroxyl groups is 1. The van der Waals surface area contributed by atoms with E-state index in [4.69, 9.17) is 5.11 Å². The molecular weight excluding hydrogens is 304 g/mol. The molecule has 0 rings (SSSR count). The highest BCUT2D eigenvalue weighted by Crippen LogP contribution is 2.12. The van der Waals surface area contributed by atoms with Crippen molar-refractivity contribution < 1.29 is 5.11 Å². The predicted molar refractivity (Wildman–Crippen MR) is 114 cm³/mol. The van der Waals surface area contributed by atoms with Crippen LogP contribution in [0.5, 0.6) is 0 Å². The van der Waals surface area contributed by atoms with Gasteiger partial charge in [0.15, 0.2) is 0 Å². The molecule has 0 aromatic heterocycles. The van der Waals surface area contributed by atoms with E-state index in [1.165, 1.54) is 122 Å². The van der Waals surface area contributed by atoms with Crippen LogP contribution in [0.1, 0.15) is 135 Å². The third-order valence-electron chi connectivity index (χ3n) is 5.17. The van der Waals surface area contributed by atoms with Gasteiger partial charge in [-0.25, -0.2) is 0 Å². The molecule has 0 heterocycles. The second-order valence-electron chi connectivity index (χ2n) is 7.78. The average Bonchev–Trinajstić information content (AvgIpc) is 2.63. The van der Waals surface area contributed by atoms with Crippen molar-refractivity contribution in [2.24, 2.45) is 0 Å². The van der Waals surface area contributed by atoms with Gasteiger partial charge in [-0.05, 0) is 32.1 Å². The molecule has 0 aromatic carbocycles. The molecular formula is C24H48O. The van der Waals surface area contributed by atoms with Gasteiger partial charge >= 0.3 is 0 Å². The fourth-order valence-electron chi connectivity index (χ4n) is 3.42. The Morgan fingerprint density at radius 2 is 0.760 bits per heavy atom. The Morgan fingerprint density at radius 1 is 0.440 bits per heavy atom. The van der Waals surface area contributed by atoms with Crippen molar-refractivity contribution in [1.82, 2.24) is 0 Å². The summed E-state index contributed by atoms with van der Waals surface area (Å²) in [5.74, 6) is 0. The molecule has 1 nitrogen and oxygen atoms in total. The van der Waals surface area contributed by atoms with E-state index >= 15 is 0 Å². The molecule has 0 atom stereocenters. The zero-order valence-corrected chi connectivity index (χ0v) is 17.5. The molecule has 0 aliphatic rings. The van der Waals surface area contributed by atoms with Gasteiger partial charge in [0.05, 0.1) is 0 Å². The molecule has 0 amide bonds. The quantitative estimate of drug-likeness (QED) is 0.162. The van der Waals surface area contributed by atoms with Crippen LogP contribution in [-0.4, -0.2) is 11.7 Å². The maximum atomic E-state index is 8.72. The van der Waals surface area contributed by atoms with Gasteiger partial charge in [-0.3, -0.25) is 0 Å². The van der Waals surface area contributed by atoms with Gasteiger partial charge in [0, 0.05) is 6.61 Å². The van der Waals surface area contributed by atoms with Gasteiger partial charge in [0.1, 0.15) is 0 Å². The van der Waals surface area contributed by atoms with Crippen LogP contribution < -0.4 is 0 Å². The summed E-state index contributed by atoms with van der Waals surface area (Å²) in [6.45, 7) is 2.66. The SMILES string of the molecule is CCCCCCCCCC=CCCCCCCCCCCCCCO. The fourth-order valence-corrected chi connectivity index (χ4v) is 3.42. The van der Waals surface area contributed by atoms with Crippen molar-refractivity contribution in [2.75, 3.05) is 6.61 Å². The minimum Gasteiger partial charge on any atom is -0.396 e. The number of hydrogen-bond acceptors (Lipinski definition) is 1. The van der Waals surface area contributed by atoms with E-state index < -0.39 is 0 Å². The van der Waals surface area contributed by atoms with Crippen molar-refractivity contribution in [3.05, 3.63) is 12.2 Å². The summed E-state index contributed by atoms with van der Waals surface area (Å²) in [7, 11) is 0. The van der Waals surface area contributed by atoms with E-state index in [9.17, 15) is 0 Å². The van der Waals surface area contributed by atoms with E-state index in [1.807, 2.05) is 0 Å². The monoisotopic (exact) mass is 352 g/mol. The second kappa shape index (κ2) is 23.7. The molecule has 0 spiro atoms. The van der Waals surface area contributed by atoms with Crippen LogP contribution in [0, 0.1) is 0 Å². The molecule has 0 fully saturated rings. The van der Waals surface area contributed by atoms with Gasteiger partial charge in [0.25, 0.3) is 0 Å². The second-order valence-corrected chi connectivity index (χ2v) is 7.78. The number of hydrogen-bond donors (Lipinski definition) is 1. The lowest BCUT2D eigenvalue weighted by Crippen LogP contribution is -1.84. The zero-order valence-electron chi connectivity index (χ0n) is 17.5. The topological polar surface area (TPSA) is 20.2 Å². The number of unbranched alkanes of at least 4 members (excludes halogenated alkanes) is 18. The zero-order chi connectivity index (χ0) is 18.3. The van der Waals surface area contributed by atoms with E-state index in [-0.39, 0.29) is 0 Å². The summed E-state index contributed by atoms with van der Waals surface area (Å²) in [6.07, 6.45) is 32.1. The highest BCUT2D eigenvalue weighted by Gasteiger charge is 1.93. The summed E-state index contributed by atoms with van der Waals surface area (Å²) in [5, 5.41) is 8.72. The third kappa shape index (κ3) is 23.7. The van der Waals surface area contributed by atoms with Crippen LogP contribution in [0.15, 0.2) is 12.2 Å². The van der Waals surface area contributed by atoms with Crippen LogP contribution in [0.2, 0.25) is 0 Å². The Balaban J connectivity index is 3.03. The molecule has 0 saturated heterocycles. The third-order valence-corrected chi connectivity index (χ3v) is 5.17. The fraction of sp³-hybridized carbons (Fsp3) is 0.917. The standard InChI is InChI=1S/C24H48O/c1-2-3-4-5-6-7-8-9-10-11-12-13-14-15-16-17-18-19-20-21-22-23-24-25/h10-11,25H,2-9,12-24H2,1H3. The number of allylic oxidation sites excluding steroid dienone is 2. The van der Waals surface area contributed by atoms with Gasteiger partial charge in [-0.1, -0.05) is 115 Å². The summed E-state index contributed by atoms with van der Waals surface area (Å²) in [4.78, 5) is 0. The van der Waals surface area contributed by atoms with Crippen molar-refractivity contribution in [3.63, 3.8) is 0 Å². The Hall–Kier alpha value is -0.300. The van der Waals surface area contributed by atoms with Crippen LogP contribution in [0.25, 0.3) is 0 Å². The molecule has 25 heavy (non-hydrogen) atoms. The minimum absolute atomic E-state index is 0.369. The average molecular weight is 353 g/mol. The lowest BCUT2D eigenvalue weighted by atomic mass is 10.0. The maximum absolute atomic E-state index is 8.72. The maximum Gasteiger partial charge on any atom is 0.0431 e. The molecule has 0 aliphatic carbocycles. The van der Waals surface area contributed by atoms with E-state index in [1.54, 1.807) is 0 Å². The Labute approximate surface area is 159 Å². The van der Waals surface area contributed by atoms with Gasteiger partial charge < -0.3 is 5.11 Å². The minimum atomic E-state index is 0.369. The Morgan fingerprint density at radius 3 is 1.12 bits per heavy atom. The highest BCUT2D eigenvalue weighted by atomic mass is 16.2. The highest BCUT2D eigenvalue weighted by molar-refractivity contribution is 4.81. The molecule has 0 aliphatic heterocycles. The normalized spacial score (nSPS) is 11.6. The van der Waals surface area contributed by atoms with Crippen LogP contribution in [-0.2, 0) is 0 Å². The first-order valence-electron chi connectivity index (χ1n) is 11.7. The molecule has 0 radical (unpaired) electrons. The smallest absolute Gasteiger partial charge is 0.0431 e. The van der Waals surface area contributed by atoms with Gasteiger partial charge in [-0.2, -0.15) is 0 Å². The number of aliphatic hydroxyl groups excluding tert-OH is 1. The molecule has 1 heteroatoms. The van der Waals surface area contributed by atoms with E-state index in [0.29, 0.717) is 6.61 Å². The molecule has 1 N–H and O–H groups in total. The van der Waals surface area contributed by atoms with Crippen LogP contribution >= 0.6 is 0 Å². The summed E-state index contributed by atoms with van der Waals surface area (Å²) < 4.78 is 0. The largest absolute Gasteiger partial charge is 0.396 e. The summed E-state index contributed by atoms with van der Waals surface area (Å²) in [6, 6.07) is 0. The first kappa shape index (κ1) is 24.7. The summed E-state index contributed by atoms with van der Waals surface area (Å²) >= 11 is 0. The van der Waals surface area contributed by atoms with Gasteiger partial charge in [0.2, 0.25) is 0 Å². The number of rotatable bonds is 21. The van der Waals surface area contributed by atoms with Crippen molar-refractivity contribution in [3.8, 4) is 0 Å². The summed E-state index contributed by atoms with van der Waals surface area (Å²) in [5.41, 5.74) is 0. The Kier molecular flexibility index (Phi) is 23.4.